The lowest BCUT2D eigenvalue weighted by atomic mass is 9.93. The van der Waals surface area contributed by atoms with E-state index in [0.29, 0.717) is 43.5 Å². The molecule has 2 unspecified atom stereocenters. The first-order valence-corrected chi connectivity index (χ1v) is 9.30. The van der Waals surface area contributed by atoms with Crippen molar-refractivity contribution in [2.75, 3.05) is 13.2 Å². The molecule has 2 heterocycles. The van der Waals surface area contributed by atoms with E-state index in [2.05, 4.69) is 10.6 Å². The van der Waals surface area contributed by atoms with E-state index in [1.165, 1.54) is 18.2 Å². The minimum absolute atomic E-state index is 0.0677. The number of rotatable bonds is 3. The third-order valence-electron chi connectivity index (χ3n) is 5.31. The maximum Gasteiger partial charge on any atom is 0.251 e. The molecule has 0 aromatic heterocycles. The second kappa shape index (κ2) is 7.74. The Bertz CT molecular complexity index is 856. The lowest BCUT2D eigenvalue weighted by molar-refractivity contribution is 0.000740. The summed E-state index contributed by atoms with van der Waals surface area (Å²) in [6.07, 6.45) is 1.67. The van der Waals surface area contributed by atoms with Gasteiger partial charge in [-0.25, -0.2) is 8.78 Å². The van der Waals surface area contributed by atoms with E-state index in [1.807, 2.05) is 6.07 Å². The van der Waals surface area contributed by atoms with Crippen LogP contribution in [0.15, 0.2) is 36.4 Å². The number of hydrogen-bond acceptors (Lipinski definition) is 3. The minimum Gasteiger partial charge on any atom is -0.373 e. The van der Waals surface area contributed by atoms with Crippen molar-refractivity contribution in [1.82, 2.24) is 10.6 Å². The van der Waals surface area contributed by atoms with Gasteiger partial charge in [0.15, 0.2) is 0 Å². The standard InChI is InChI=1S/C21H22F2N2O2/c22-14-3-1-2-13(10-14)20-11-15(7-9-27-20)25-21(26)17-4-5-19(23)18-12-24-8-6-16(17)18/h1-5,10,15,20,24H,6-9,11-12H2,(H,25,26). The van der Waals surface area contributed by atoms with Gasteiger partial charge < -0.3 is 15.4 Å². The molecular weight excluding hydrogens is 350 g/mol. The van der Waals surface area contributed by atoms with Gasteiger partial charge in [-0.05, 0) is 61.2 Å². The molecule has 2 aromatic rings. The summed E-state index contributed by atoms with van der Waals surface area (Å²) >= 11 is 0. The number of benzene rings is 2. The first-order chi connectivity index (χ1) is 13.1. The summed E-state index contributed by atoms with van der Waals surface area (Å²) < 4.78 is 33.3. The van der Waals surface area contributed by atoms with E-state index < -0.39 is 0 Å². The Labute approximate surface area is 156 Å². The number of fused-ring (bicyclic) bond motifs is 1. The van der Waals surface area contributed by atoms with Crippen LogP contribution in [0.1, 0.15) is 46.0 Å². The molecule has 0 spiro atoms. The van der Waals surface area contributed by atoms with Gasteiger partial charge in [-0.3, -0.25) is 4.79 Å². The number of carbonyl (C=O) groups excluding carboxylic acids is 1. The van der Waals surface area contributed by atoms with Gasteiger partial charge in [-0.2, -0.15) is 0 Å². The molecule has 0 radical (unpaired) electrons. The predicted molar refractivity (Wildman–Crippen MR) is 97.4 cm³/mol. The second-order valence-corrected chi connectivity index (χ2v) is 7.09. The Kier molecular flexibility index (Phi) is 5.18. The highest BCUT2D eigenvalue weighted by Crippen LogP contribution is 2.29. The van der Waals surface area contributed by atoms with Gasteiger partial charge >= 0.3 is 0 Å². The van der Waals surface area contributed by atoms with Gasteiger partial charge in [0, 0.05) is 30.3 Å². The largest absolute Gasteiger partial charge is 0.373 e. The predicted octanol–water partition coefficient (Wildman–Crippen LogP) is 3.26. The topological polar surface area (TPSA) is 50.4 Å². The molecule has 0 bridgehead atoms. The van der Waals surface area contributed by atoms with Crippen molar-refractivity contribution in [3.05, 3.63) is 70.3 Å². The fourth-order valence-electron chi connectivity index (χ4n) is 3.91. The van der Waals surface area contributed by atoms with E-state index in [4.69, 9.17) is 4.74 Å². The number of halogens is 2. The zero-order chi connectivity index (χ0) is 18.8. The molecule has 6 heteroatoms. The van der Waals surface area contributed by atoms with Gasteiger partial charge in [0.2, 0.25) is 0 Å². The third kappa shape index (κ3) is 3.87. The Hall–Kier alpha value is -2.31. The molecule has 2 aliphatic rings. The first kappa shape index (κ1) is 18.1. The van der Waals surface area contributed by atoms with E-state index in [9.17, 15) is 13.6 Å². The average Bonchev–Trinajstić information content (AvgIpc) is 2.68. The smallest absolute Gasteiger partial charge is 0.251 e. The maximum absolute atomic E-state index is 14.0. The molecule has 0 saturated carbocycles. The van der Waals surface area contributed by atoms with Gasteiger partial charge in [-0.15, -0.1) is 0 Å². The Balaban J connectivity index is 1.48. The van der Waals surface area contributed by atoms with Crippen molar-refractivity contribution < 1.29 is 18.3 Å². The average molecular weight is 372 g/mol. The zero-order valence-electron chi connectivity index (χ0n) is 14.9. The van der Waals surface area contributed by atoms with Crippen LogP contribution in [0.5, 0.6) is 0 Å². The minimum atomic E-state index is -0.297. The number of ether oxygens (including phenoxy) is 1. The Morgan fingerprint density at radius 3 is 2.93 bits per heavy atom. The van der Waals surface area contributed by atoms with Crippen molar-refractivity contribution in [2.45, 2.75) is 38.0 Å². The second-order valence-electron chi connectivity index (χ2n) is 7.09. The van der Waals surface area contributed by atoms with Crippen LogP contribution in [0.4, 0.5) is 8.78 Å². The van der Waals surface area contributed by atoms with Crippen LogP contribution >= 0.6 is 0 Å². The van der Waals surface area contributed by atoms with Crippen LogP contribution in [0.3, 0.4) is 0 Å². The van der Waals surface area contributed by atoms with Gasteiger partial charge in [0.05, 0.1) is 6.10 Å². The molecule has 1 fully saturated rings. The molecular formula is C21H22F2N2O2. The summed E-state index contributed by atoms with van der Waals surface area (Å²) in [5, 5.41) is 6.20. The summed E-state index contributed by atoms with van der Waals surface area (Å²) in [4.78, 5) is 12.8. The molecule has 2 N–H and O–H groups in total. The summed E-state index contributed by atoms with van der Waals surface area (Å²) in [5.74, 6) is -0.752. The number of amides is 1. The Morgan fingerprint density at radius 2 is 2.07 bits per heavy atom. The highest BCUT2D eigenvalue weighted by atomic mass is 19.1. The molecule has 4 rings (SSSR count). The van der Waals surface area contributed by atoms with Crippen LogP contribution in [0, 0.1) is 11.6 Å². The molecule has 4 nitrogen and oxygen atoms in total. The highest BCUT2D eigenvalue weighted by molar-refractivity contribution is 5.96. The normalized spacial score (nSPS) is 22.1. The number of carbonyl (C=O) groups is 1. The summed E-state index contributed by atoms with van der Waals surface area (Å²) in [5.41, 5.74) is 2.69. The van der Waals surface area contributed by atoms with Gasteiger partial charge in [0.1, 0.15) is 11.6 Å². The molecule has 27 heavy (non-hydrogen) atoms. The van der Waals surface area contributed by atoms with E-state index in [1.54, 1.807) is 12.1 Å². The van der Waals surface area contributed by atoms with Gasteiger partial charge in [0.25, 0.3) is 5.91 Å². The molecule has 142 valence electrons. The Morgan fingerprint density at radius 1 is 1.19 bits per heavy atom. The van der Waals surface area contributed by atoms with Crippen LogP contribution in [0.25, 0.3) is 0 Å². The van der Waals surface area contributed by atoms with E-state index in [0.717, 1.165) is 17.7 Å². The first-order valence-electron chi connectivity index (χ1n) is 9.30. The van der Waals surface area contributed by atoms with Crippen LogP contribution in [-0.4, -0.2) is 25.1 Å². The SMILES string of the molecule is O=C(NC1CCOC(c2cccc(F)c2)C1)c1ccc(F)c2c1CCNC2. The van der Waals surface area contributed by atoms with Crippen molar-refractivity contribution in [3.63, 3.8) is 0 Å². The van der Waals surface area contributed by atoms with Crippen LogP contribution in [-0.2, 0) is 17.7 Å². The highest BCUT2D eigenvalue weighted by Gasteiger charge is 2.27. The van der Waals surface area contributed by atoms with Gasteiger partial charge in [-0.1, -0.05) is 12.1 Å². The maximum atomic E-state index is 14.0. The summed E-state index contributed by atoms with van der Waals surface area (Å²) in [6.45, 7) is 1.68. The molecule has 1 amide bonds. The number of nitrogens with one attached hydrogen (secondary N) is 2. The molecule has 1 saturated heterocycles. The molecule has 2 aromatic carbocycles. The summed E-state index contributed by atoms with van der Waals surface area (Å²) in [6, 6.07) is 9.23. The fraction of sp³-hybridized carbons (Fsp3) is 0.381. The number of hydrogen-bond donors (Lipinski definition) is 2. The van der Waals surface area contributed by atoms with E-state index in [-0.39, 0.29) is 29.7 Å². The molecule has 0 aliphatic carbocycles. The fourth-order valence-corrected chi connectivity index (χ4v) is 3.91. The van der Waals surface area contributed by atoms with E-state index >= 15 is 0 Å². The summed E-state index contributed by atoms with van der Waals surface area (Å²) in [7, 11) is 0. The molecule has 2 aliphatic heterocycles. The van der Waals surface area contributed by atoms with Crippen molar-refractivity contribution in [1.29, 1.82) is 0 Å². The molecule has 2 atom stereocenters. The quantitative estimate of drug-likeness (QED) is 0.870. The van der Waals surface area contributed by atoms with Crippen LogP contribution < -0.4 is 10.6 Å². The van der Waals surface area contributed by atoms with Crippen LogP contribution in [0.2, 0.25) is 0 Å². The third-order valence-corrected chi connectivity index (χ3v) is 5.31. The lowest BCUT2D eigenvalue weighted by Gasteiger charge is -2.31. The van der Waals surface area contributed by atoms with Crippen molar-refractivity contribution in [3.8, 4) is 0 Å². The monoisotopic (exact) mass is 372 g/mol. The zero-order valence-corrected chi connectivity index (χ0v) is 14.9. The van der Waals surface area contributed by atoms with Crippen molar-refractivity contribution in [2.24, 2.45) is 0 Å². The van der Waals surface area contributed by atoms with Crippen molar-refractivity contribution >= 4 is 5.91 Å². The lowest BCUT2D eigenvalue weighted by Crippen LogP contribution is -2.40.